The zero-order valence-corrected chi connectivity index (χ0v) is 13.9. The molecule has 2 amide bonds. The normalized spacial score (nSPS) is 11.5. The second-order valence-corrected chi connectivity index (χ2v) is 5.50. The van der Waals surface area contributed by atoms with Crippen molar-refractivity contribution in [3.63, 3.8) is 0 Å². The summed E-state index contributed by atoms with van der Waals surface area (Å²) in [6, 6.07) is 17.9. The fourth-order valence-electron chi connectivity index (χ4n) is 2.11. The zero-order valence-electron chi connectivity index (χ0n) is 13.9. The van der Waals surface area contributed by atoms with Crippen molar-refractivity contribution in [3.05, 3.63) is 71.8 Å². The van der Waals surface area contributed by atoms with Gasteiger partial charge in [-0.2, -0.15) is 5.26 Å². The van der Waals surface area contributed by atoms with Gasteiger partial charge in [-0.05, 0) is 36.3 Å². The lowest BCUT2D eigenvalue weighted by atomic mass is 10.1. The highest BCUT2D eigenvalue weighted by molar-refractivity contribution is 5.99. The Bertz CT molecular complexity index is 790. The van der Waals surface area contributed by atoms with Crippen LogP contribution >= 0.6 is 0 Å². The molecule has 0 aromatic heterocycles. The van der Waals surface area contributed by atoms with Gasteiger partial charge in [0.2, 0.25) is 11.8 Å². The van der Waals surface area contributed by atoms with Gasteiger partial charge in [0.25, 0.3) is 0 Å². The van der Waals surface area contributed by atoms with Gasteiger partial charge in [0, 0.05) is 11.8 Å². The van der Waals surface area contributed by atoms with Crippen molar-refractivity contribution in [1.29, 1.82) is 5.26 Å². The molecule has 5 nitrogen and oxygen atoms in total. The van der Waals surface area contributed by atoms with E-state index in [0.29, 0.717) is 12.1 Å². The maximum atomic E-state index is 12.1. The van der Waals surface area contributed by atoms with Crippen molar-refractivity contribution in [2.45, 2.75) is 19.4 Å². The van der Waals surface area contributed by atoms with E-state index in [1.54, 1.807) is 37.3 Å². The van der Waals surface area contributed by atoms with E-state index in [2.05, 4.69) is 16.7 Å². The summed E-state index contributed by atoms with van der Waals surface area (Å²) < 4.78 is 0. The Kier molecular flexibility index (Phi) is 6.49. The molecule has 2 N–H and O–H groups in total. The number of nitrogens with zero attached hydrogens (tertiary/aromatic N) is 1. The molecule has 5 heteroatoms. The van der Waals surface area contributed by atoms with Gasteiger partial charge in [-0.25, -0.2) is 0 Å². The van der Waals surface area contributed by atoms with E-state index in [0.717, 1.165) is 11.1 Å². The summed E-state index contributed by atoms with van der Waals surface area (Å²) in [4.78, 5) is 24.0. The van der Waals surface area contributed by atoms with Crippen LogP contribution < -0.4 is 10.6 Å². The number of hydrogen-bond acceptors (Lipinski definition) is 3. The first-order chi connectivity index (χ1) is 12.1. The van der Waals surface area contributed by atoms with Gasteiger partial charge in [-0.3, -0.25) is 9.59 Å². The second kappa shape index (κ2) is 9.04. The number of carbonyl (C=O) groups is 2. The van der Waals surface area contributed by atoms with Crippen molar-refractivity contribution in [2.75, 3.05) is 5.32 Å². The van der Waals surface area contributed by atoms with Crippen molar-refractivity contribution in [2.24, 2.45) is 0 Å². The lowest BCUT2D eigenvalue weighted by Crippen LogP contribution is -2.40. The zero-order chi connectivity index (χ0) is 18.1. The predicted molar refractivity (Wildman–Crippen MR) is 97.5 cm³/mol. The Morgan fingerprint density at radius 1 is 1.12 bits per heavy atom. The molecule has 25 heavy (non-hydrogen) atoms. The molecule has 0 aliphatic carbocycles. The van der Waals surface area contributed by atoms with E-state index < -0.39 is 6.04 Å². The van der Waals surface area contributed by atoms with Crippen LogP contribution in [0, 0.1) is 11.3 Å². The van der Waals surface area contributed by atoms with Crippen LogP contribution in [0.25, 0.3) is 6.08 Å². The monoisotopic (exact) mass is 333 g/mol. The highest BCUT2D eigenvalue weighted by Gasteiger charge is 2.14. The van der Waals surface area contributed by atoms with Gasteiger partial charge >= 0.3 is 0 Å². The van der Waals surface area contributed by atoms with Crippen LogP contribution in [0.3, 0.4) is 0 Å². The topological polar surface area (TPSA) is 82.0 Å². The van der Waals surface area contributed by atoms with Crippen LogP contribution in [-0.4, -0.2) is 17.9 Å². The van der Waals surface area contributed by atoms with Crippen LogP contribution in [0.2, 0.25) is 0 Å². The summed E-state index contributed by atoms with van der Waals surface area (Å²) in [5.74, 6) is -0.648. The lowest BCUT2D eigenvalue weighted by molar-refractivity contribution is -0.123. The number of nitrogens with one attached hydrogen (secondary N) is 2. The van der Waals surface area contributed by atoms with Crippen LogP contribution in [0.4, 0.5) is 5.69 Å². The SMILES string of the molecule is C[C@H](NC(=O)/C=C/c1ccccc1)C(=O)Nc1ccc(CC#N)cc1. The van der Waals surface area contributed by atoms with Crippen molar-refractivity contribution >= 4 is 23.6 Å². The lowest BCUT2D eigenvalue weighted by Gasteiger charge is -2.13. The largest absolute Gasteiger partial charge is 0.341 e. The number of anilines is 1. The summed E-state index contributed by atoms with van der Waals surface area (Å²) in [5.41, 5.74) is 2.41. The van der Waals surface area contributed by atoms with Gasteiger partial charge in [-0.1, -0.05) is 42.5 Å². The van der Waals surface area contributed by atoms with Gasteiger partial charge in [0.1, 0.15) is 6.04 Å². The fraction of sp³-hybridized carbons (Fsp3) is 0.150. The minimum absolute atomic E-state index is 0.311. The number of amides is 2. The van der Waals surface area contributed by atoms with Crippen LogP contribution in [0.1, 0.15) is 18.1 Å². The van der Waals surface area contributed by atoms with E-state index in [4.69, 9.17) is 5.26 Å². The molecular weight excluding hydrogens is 314 g/mol. The van der Waals surface area contributed by atoms with E-state index in [1.807, 2.05) is 30.3 Å². The Labute approximate surface area is 147 Å². The highest BCUT2D eigenvalue weighted by Crippen LogP contribution is 2.10. The molecule has 0 saturated heterocycles. The molecule has 2 aromatic rings. The minimum Gasteiger partial charge on any atom is -0.341 e. The quantitative estimate of drug-likeness (QED) is 0.798. The molecule has 126 valence electrons. The van der Waals surface area contributed by atoms with Crippen molar-refractivity contribution in [3.8, 4) is 6.07 Å². The number of nitriles is 1. The van der Waals surface area contributed by atoms with E-state index >= 15 is 0 Å². The molecule has 0 spiro atoms. The Hall–Kier alpha value is -3.39. The average Bonchev–Trinajstić information content (AvgIpc) is 2.62. The van der Waals surface area contributed by atoms with E-state index in [1.165, 1.54) is 6.08 Å². The predicted octanol–water partition coefficient (Wildman–Crippen LogP) is 2.91. The molecule has 0 aliphatic heterocycles. The summed E-state index contributed by atoms with van der Waals surface area (Å²) in [7, 11) is 0. The molecule has 0 aliphatic rings. The molecule has 1 atom stereocenters. The Morgan fingerprint density at radius 2 is 1.80 bits per heavy atom. The molecular formula is C20H19N3O2. The first-order valence-corrected chi connectivity index (χ1v) is 7.89. The van der Waals surface area contributed by atoms with Gasteiger partial charge in [0.05, 0.1) is 12.5 Å². The van der Waals surface area contributed by atoms with Crippen LogP contribution in [0.15, 0.2) is 60.7 Å². The number of benzene rings is 2. The number of hydrogen-bond donors (Lipinski definition) is 2. The first-order valence-electron chi connectivity index (χ1n) is 7.89. The first kappa shape index (κ1) is 18.0. The van der Waals surface area contributed by atoms with Crippen LogP contribution in [-0.2, 0) is 16.0 Å². The molecule has 0 unspecified atom stereocenters. The maximum Gasteiger partial charge on any atom is 0.246 e. The van der Waals surface area contributed by atoms with Crippen molar-refractivity contribution in [1.82, 2.24) is 5.32 Å². The minimum atomic E-state index is -0.674. The molecule has 0 fully saturated rings. The molecule has 2 aromatic carbocycles. The Morgan fingerprint density at radius 3 is 2.44 bits per heavy atom. The maximum absolute atomic E-state index is 12.1. The molecule has 0 saturated carbocycles. The third-order valence-corrected chi connectivity index (χ3v) is 3.48. The van der Waals surface area contributed by atoms with Gasteiger partial charge < -0.3 is 10.6 Å². The second-order valence-electron chi connectivity index (χ2n) is 5.50. The summed E-state index contributed by atoms with van der Waals surface area (Å²) in [6.45, 7) is 1.62. The summed E-state index contributed by atoms with van der Waals surface area (Å²) in [6.07, 6.45) is 3.41. The Balaban J connectivity index is 1.86. The molecule has 2 rings (SSSR count). The number of rotatable bonds is 6. The van der Waals surface area contributed by atoms with E-state index in [9.17, 15) is 9.59 Å². The standard InChI is InChI=1S/C20H19N3O2/c1-15(22-19(24)12-9-16-5-3-2-4-6-16)20(25)23-18-10-7-17(8-11-18)13-14-21/h2-12,15H,13H2,1H3,(H,22,24)(H,23,25)/b12-9+/t15-/m0/s1. The molecule has 0 radical (unpaired) electrons. The van der Waals surface area contributed by atoms with E-state index in [-0.39, 0.29) is 11.8 Å². The summed E-state index contributed by atoms with van der Waals surface area (Å²) in [5, 5.41) is 14.0. The third kappa shape index (κ3) is 5.96. The number of carbonyl (C=O) groups excluding carboxylic acids is 2. The van der Waals surface area contributed by atoms with Gasteiger partial charge in [-0.15, -0.1) is 0 Å². The smallest absolute Gasteiger partial charge is 0.246 e. The van der Waals surface area contributed by atoms with Crippen molar-refractivity contribution < 1.29 is 9.59 Å². The molecule has 0 bridgehead atoms. The average molecular weight is 333 g/mol. The summed E-state index contributed by atoms with van der Waals surface area (Å²) >= 11 is 0. The molecule has 0 heterocycles. The highest BCUT2D eigenvalue weighted by atomic mass is 16.2. The third-order valence-electron chi connectivity index (χ3n) is 3.48. The van der Waals surface area contributed by atoms with Gasteiger partial charge in [0.15, 0.2) is 0 Å². The van der Waals surface area contributed by atoms with Crippen LogP contribution in [0.5, 0.6) is 0 Å². The fourth-order valence-corrected chi connectivity index (χ4v) is 2.11.